The Hall–Kier alpha value is -2.35. The molecule has 0 radical (unpaired) electrons. The fraction of sp³-hybridized carbons (Fsp3) is 0.300. The molecular weight excluding hydrogens is 451 g/mol. The highest BCUT2D eigenvalue weighted by molar-refractivity contribution is 6.64. The first-order chi connectivity index (χ1) is 14.3. The molecule has 1 unspecified atom stereocenters. The maximum Gasteiger partial charge on any atom is 0.254 e. The number of aromatic nitrogens is 1. The summed E-state index contributed by atoms with van der Waals surface area (Å²) in [6, 6.07) is 4.75. The Morgan fingerprint density at radius 1 is 1.27 bits per heavy atom. The SMILES string of the molecule is N=C1CCN(C(=O)c2ccc(Cl)c(Cl)c2)C/C1=C1/NCC(C(=O)Cl)Cc2conc21. The Labute approximate surface area is 187 Å². The van der Waals surface area contributed by atoms with Crippen molar-refractivity contribution in [3.8, 4) is 0 Å². The zero-order chi connectivity index (χ0) is 21.4. The van der Waals surface area contributed by atoms with Crippen molar-refractivity contribution in [1.29, 1.82) is 5.41 Å². The first-order valence-corrected chi connectivity index (χ1v) is 10.4. The average Bonchev–Trinajstić information content (AvgIpc) is 3.10. The molecule has 10 heteroatoms. The van der Waals surface area contributed by atoms with E-state index in [0.29, 0.717) is 64.2 Å². The second kappa shape index (κ2) is 8.41. The van der Waals surface area contributed by atoms with Gasteiger partial charge in [0.05, 0.1) is 21.7 Å². The van der Waals surface area contributed by atoms with E-state index in [0.717, 1.165) is 5.56 Å². The van der Waals surface area contributed by atoms with E-state index in [1.807, 2.05) is 0 Å². The monoisotopic (exact) mass is 466 g/mol. The number of fused-ring (bicyclic) bond motifs is 1. The van der Waals surface area contributed by atoms with Crippen molar-refractivity contribution < 1.29 is 14.1 Å². The van der Waals surface area contributed by atoms with E-state index in [2.05, 4.69) is 10.5 Å². The van der Waals surface area contributed by atoms with Gasteiger partial charge in [-0.15, -0.1) is 0 Å². The molecule has 1 aromatic carbocycles. The maximum atomic E-state index is 13.0. The zero-order valence-electron chi connectivity index (χ0n) is 15.7. The number of likely N-dealkylation sites (tertiary alicyclic amines) is 1. The molecule has 0 spiro atoms. The molecule has 0 aliphatic carbocycles. The minimum Gasteiger partial charge on any atom is -0.382 e. The summed E-state index contributed by atoms with van der Waals surface area (Å²) >= 11 is 17.7. The average molecular weight is 468 g/mol. The molecule has 2 aromatic rings. The molecule has 7 nitrogen and oxygen atoms in total. The van der Waals surface area contributed by atoms with E-state index in [4.69, 9.17) is 44.7 Å². The van der Waals surface area contributed by atoms with E-state index in [1.165, 1.54) is 12.3 Å². The van der Waals surface area contributed by atoms with Gasteiger partial charge in [-0.25, -0.2) is 0 Å². The number of carbonyl (C=O) groups is 2. The van der Waals surface area contributed by atoms with Crippen LogP contribution in [0.4, 0.5) is 0 Å². The Morgan fingerprint density at radius 2 is 2.07 bits per heavy atom. The van der Waals surface area contributed by atoms with Crippen LogP contribution in [-0.4, -0.2) is 46.6 Å². The molecule has 1 amide bonds. The fourth-order valence-corrected chi connectivity index (χ4v) is 4.10. The lowest BCUT2D eigenvalue weighted by Crippen LogP contribution is -2.41. The number of nitrogens with zero attached hydrogens (tertiary/aromatic N) is 2. The van der Waals surface area contributed by atoms with Gasteiger partial charge in [-0.05, 0) is 36.2 Å². The van der Waals surface area contributed by atoms with Crippen molar-refractivity contribution in [2.24, 2.45) is 5.92 Å². The van der Waals surface area contributed by atoms with Gasteiger partial charge in [-0.2, -0.15) is 0 Å². The quantitative estimate of drug-likeness (QED) is 0.655. The zero-order valence-corrected chi connectivity index (χ0v) is 17.9. The van der Waals surface area contributed by atoms with E-state index < -0.39 is 11.2 Å². The highest BCUT2D eigenvalue weighted by atomic mass is 35.5. The number of hydrogen-bond donors (Lipinski definition) is 2. The molecule has 156 valence electrons. The van der Waals surface area contributed by atoms with Crippen molar-refractivity contribution in [2.45, 2.75) is 12.8 Å². The molecule has 2 N–H and O–H groups in total. The largest absolute Gasteiger partial charge is 0.382 e. The van der Waals surface area contributed by atoms with Gasteiger partial charge in [-0.1, -0.05) is 28.4 Å². The molecule has 1 atom stereocenters. The molecule has 0 bridgehead atoms. The second-order valence-electron chi connectivity index (χ2n) is 7.21. The highest BCUT2D eigenvalue weighted by Gasteiger charge is 2.32. The Balaban J connectivity index is 1.67. The summed E-state index contributed by atoms with van der Waals surface area (Å²) in [6.07, 6.45) is 2.27. The highest BCUT2D eigenvalue weighted by Crippen LogP contribution is 2.30. The van der Waals surface area contributed by atoms with Crippen LogP contribution in [0.15, 0.2) is 34.6 Å². The normalized spacial score (nSPS) is 21.6. The van der Waals surface area contributed by atoms with Gasteiger partial charge in [-0.3, -0.25) is 9.59 Å². The van der Waals surface area contributed by atoms with Gasteiger partial charge >= 0.3 is 0 Å². The van der Waals surface area contributed by atoms with Crippen molar-refractivity contribution in [3.63, 3.8) is 0 Å². The summed E-state index contributed by atoms with van der Waals surface area (Å²) in [5.41, 5.74) is 3.33. The summed E-state index contributed by atoms with van der Waals surface area (Å²) in [5, 5.41) is 16.0. The van der Waals surface area contributed by atoms with Crippen LogP contribution >= 0.6 is 34.8 Å². The molecule has 4 rings (SSSR count). The fourth-order valence-electron chi connectivity index (χ4n) is 3.64. The molecule has 1 saturated heterocycles. The number of piperidine rings is 1. The lowest BCUT2D eigenvalue weighted by Gasteiger charge is -2.31. The molecule has 2 aliphatic rings. The topological polar surface area (TPSA) is 99.3 Å². The van der Waals surface area contributed by atoms with Gasteiger partial charge in [0.1, 0.15) is 12.0 Å². The van der Waals surface area contributed by atoms with Crippen LogP contribution in [0.25, 0.3) is 5.70 Å². The summed E-state index contributed by atoms with van der Waals surface area (Å²) in [5.74, 6) is -0.642. The number of carbonyl (C=O) groups excluding carboxylic acids is 2. The molecule has 0 saturated carbocycles. The van der Waals surface area contributed by atoms with Gasteiger partial charge in [0.25, 0.3) is 5.91 Å². The van der Waals surface area contributed by atoms with Crippen molar-refractivity contribution in [2.75, 3.05) is 19.6 Å². The van der Waals surface area contributed by atoms with Gasteiger partial charge < -0.3 is 20.1 Å². The number of hydrogen-bond acceptors (Lipinski definition) is 6. The van der Waals surface area contributed by atoms with Crippen LogP contribution in [0, 0.1) is 11.3 Å². The van der Waals surface area contributed by atoms with Crippen LogP contribution in [0.1, 0.15) is 28.0 Å². The van der Waals surface area contributed by atoms with Crippen LogP contribution in [0.3, 0.4) is 0 Å². The minimum absolute atomic E-state index is 0.207. The van der Waals surface area contributed by atoms with Crippen molar-refractivity contribution in [1.82, 2.24) is 15.4 Å². The Kier molecular flexibility index (Phi) is 5.86. The van der Waals surface area contributed by atoms with E-state index in [-0.39, 0.29) is 12.5 Å². The maximum absolute atomic E-state index is 13.0. The minimum atomic E-state index is -0.448. The molecular formula is C20H17Cl3N4O3. The molecule has 3 heterocycles. The van der Waals surface area contributed by atoms with Gasteiger partial charge in [0.2, 0.25) is 5.24 Å². The van der Waals surface area contributed by atoms with Crippen LogP contribution in [0.2, 0.25) is 10.0 Å². The van der Waals surface area contributed by atoms with E-state index in [1.54, 1.807) is 17.0 Å². The predicted octanol–water partition coefficient (Wildman–Crippen LogP) is 3.79. The first-order valence-electron chi connectivity index (χ1n) is 9.27. The predicted molar refractivity (Wildman–Crippen MR) is 114 cm³/mol. The summed E-state index contributed by atoms with van der Waals surface area (Å²) < 4.78 is 5.12. The lowest BCUT2D eigenvalue weighted by atomic mass is 9.96. The summed E-state index contributed by atoms with van der Waals surface area (Å²) in [7, 11) is 0. The number of benzene rings is 1. The van der Waals surface area contributed by atoms with E-state index >= 15 is 0 Å². The third kappa shape index (κ3) is 3.97. The van der Waals surface area contributed by atoms with Gasteiger partial charge in [0.15, 0.2) is 0 Å². The lowest BCUT2D eigenvalue weighted by molar-refractivity contribution is -0.114. The second-order valence-corrected chi connectivity index (χ2v) is 8.40. The van der Waals surface area contributed by atoms with Crippen molar-refractivity contribution >= 4 is 57.4 Å². The number of halogens is 3. The smallest absolute Gasteiger partial charge is 0.254 e. The first kappa shape index (κ1) is 20.9. The molecule has 2 aliphatic heterocycles. The number of nitrogens with one attached hydrogen (secondary N) is 2. The standard InChI is InChI=1S/C20H17Cl3N4O3/c21-14-2-1-10(6-15(14)22)20(29)27-4-3-16(24)13(8-27)18-17-12(9-30-26-17)5-11(7-25-18)19(23)28/h1-2,6,9,11,24-25H,3-5,7-8H2/b18-13-,24-16?. The third-order valence-corrected chi connectivity index (χ3v) is 6.34. The van der Waals surface area contributed by atoms with Gasteiger partial charge in [0, 0.05) is 48.5 Å². The molecule has 1 aromatic heterocycles. The molecule has 30 heavy (non-hydrogen) atoms. The molecule has 1 fully saturated rings. The van der Waals surface area contributed by atoms with Crippen molar-refractivity contribution in [3.05, 3.63) is 56.9 Å². The Bertz CT molecular complexity index is 1080. The van der Waals surface area contributed by atoms with Crippen LogP contribution < -0.4 is 5.32 Å². The summed E-state index contributed by atoms with van der Waals surface area (Å²) in [4.78, 5) is 26.4. The number of amides is 1. The number of rotatable bonds is 2. The third-order valence-electron chi connectivity index (χ3n) is 5.29. The summed E-state index contributed by atoms with van der Waals surface area (Å²) in [6.45, 7) is 0.931. The van der Waals surface area contributed by atoms with Crippen LogP contribution in [-0.2, 0) is 11.2 Å². The van der Waals surface area contributed by atoms with E-state index in [9.17, 15) is 9.59 Å². The van der Waals surface area contributed by atoms with Crippen LogP contribution in [0.5, 0.6) is 0 Å². The Morgan fingerprint density at radius 3 is 2.80 bits per heavy atom.